The van der Waals surface area contributed by atoms with Crippen molar-refractivity contribution >= 4 is 5.82 Å². The van der Waals surface area contributed by atoms with Crippen molar-refractivity contribution in [3.63, 3.8) is 0 Å². The van der Waals surface area contributed by atoms with E-state index >= 15 is 0 Å². The lowest BCUT2D eigenvalue weighted by atomic mass is 10.2. The fraction of sp³-hybridized carbons (Fsp3) is 0.538. The second-order valence-electron chi connectivity index (χ2n) is 4.25. The summed E-state index contributed by atoms with van der Waals surface area (Å²) in [6.45, 7) is 6.06. The largest absolute Gasteiger partial charge is 0.352 e. The third-order valence-corrected chi connectivity index (χ3v) is 2.86. The minimum Gasteiger partial charge on any atom is -0.352 e. The molecule has 0 fully saturated rings. The second kappa shape index (κ2) is 6.35. The summed E-state index contributed by atoms with van der Waals surface area (Å²) < 4.78 is 0. The molecule has 92 valence electrons. The summed E-state index contributed by atoms with van der Waals surface area (Å²) in [5.41, 5.74) is 1.19. The van der Waals surface area contributed by atoms with Gasteiger partial charge in [0.15, 0.2) is 0 Å². The first-order valence-corrected chi connectivity index (χ1v) is 6.31. The van der Waals surface area contributed by atoms with Crippen LogP contribution in [0.25, 0.3) is 0 Å². The molecule has 1 aromatic rings. The maximum absolute atomic E-state index is 4.42. The number of hydrogen-bond acceptors (Lipinski definition) is 4. The third-order valence-electron chi connectivity index (χ3n) is 2.86. The average molecular weight is 232 g/mol. The first kappa shape index (κ1) is 12.0. The molecule has 0 aromatic carbocycles. The van der Waals surface area contributed by atoms with Crippen molar-refractivity contribution in [3.8, 4) is 0 Å². The molecule has 0 saturated heterocycles. The van der Waals surface area contributed by atoms with Gasteiger partial charge in [-0.15, -0.1) is 0 Å². The van der Waals surface area contributed by atoms with Crippen LogP contribution in [0.1, 0.15) is 25.3 Å². The summed E-state index contributed by atoms with van der Waals surface area (Å²) >= 11 is 0. The standard InChI is InChI=1S/C13H20N4/c1-2-6-14-9-12-10-15-11-16-13(12)17-7-4-3-5-8-17/h3-4,10-11,14H,2,5-9H2,1H3. The van der Waals surface area contributed by atoms with Crippen LogP contribution in [0.15, 0.2) is 24.7 Å². The van der Waals surface area contributed by atoms with Crippen LogP contribution in [0, 0.1) is 0 Å². The minimum atomic E-state index is 0.851. The van der Waals surface area contributed by atoms with Crippen molar-refractivity contribution in [1.29, 1.82) is 0 Å². The van der Waals surface area contributed by atoms with Crippen molar-refractivity contribution in [3.05, 3.63) is 30.2 Å². The third kappa shape index (κ3) is 3.27. The highest BCUT2D eigenvalue weighted by Gasteiger charge is 2.12. The molecule has 2 heterocycles. The van der Waals surface area contributed by atoms with E-state index in [1.165, 1.54) is 5.56 Å². The molecular formula is C13H20N4. The van der Waals surface area contributed by atoms with Gasteiger partial charge in [0.2, 0.25) is 0 Å². The Kier molecular flexibility index (Phi) is 4.50. The van der Waals surface area contributed by atoms with E-state index in [9.17, 15) is 0 Å². The highest BCUT2D eigenvalue weighted by Crippen LogP contribution is 2.18. The predicted molar refractivity (Wildman–Crippen MR) is 70.0 cm³/mol. The van der Waals surface area contributed by atoms with Gasteiger partial charge in [-0.1, -0.05) is 19.1 Å². The van der Waals surface area contributed by atoms with Crippen LogP contribution in [0.5, 0.6) is 0 Å². The Bertz CT molecular complexity index is 375. The normalized spacial score (nSPS) is 15.2. The zero-order valence-electron chi connectivity index (χ0n) is 10.4. The minimum absolute atomic E-state index is 0.851. The van der Waals surface area contributed by atoms with Crippen LogP contribution in [0.3, 0.4) is 0 Å². The van der Waals surface area contributed by atoms with E-state index in [1.807, 2.05) is 6.20 Å². The highest BCUT2D eigenvalue weighted by atomic mass is 15.2. The van der Waals surface area contributed by atoms with Crippen molar-refractivity contribution in [2.24, 2.45) is 0 Å². The molecule has 0 bridgehead atoms. The predicted octanol–water partition coefficient (Wildman–Crippen LogP) is 1.74. The topological polar surface area (TPSA) is 41.1 Å². The van der Waals surface area contributed by atoms with E-state index in [2.05, 4.69) is 39.3 Å². The van der Waals surface area contributed by atoms with Gasteiger partial charge in [-0.25, -0.2) is 9.97 Å². The van der Waals surface area contributed by atoms with E-state index in [0.29, 0.717) is 0 Å². The van der Waals surface area contributed by atoms with Crippen molar-refractivity contribution in [1.82, 2.24) is 15.3 Å². The van der Waals surface area contributed by atoms with E-state index in [4.69, 9.17) is 0 Å². The van der Waals surface area contributed by atoms with Gasteiger partial charge >= 0.3 is 0 Å². The molecule has 0 unspecified atom stereocenters. The number of nitrogens with one attached hydrogen (secondary N) is 1. The van der Waals surface area contributed by atoms with Gasteiger partial charge in [0.05, 0.1) is 0 Å². The zero-order valence-corrected chi connectivity index (χ0v) is 10.4. The van der Waals surface area contributed by atoms with Crippen LogP contribution < -0.4 is 10.2 Å². The Morgan fingerprint density at radius 2 is 2.35 bits per heavy atom. The van der Waals surface area contributed by atoms with Gasteiger partial charge in [-0.05, 0) is 19.4 Å². The van der Waals surface area contributed by atoms with Crippen molar-refractivity contribution in [2.75, 3.05) is 24.5 Å². The molecule has 4 heteroatoms. The number of aromatic nitrogens is 2. The summed E-state index contributed by atoms with van der Waals surface area (Å²) in [7, 11) is 0. The first-order valence-electron chi connectivity index (χ1n) is 6.31. The zero-order chi connectivity index (χ0) is 11.9. The van der Waals surface area contributed by atoms with Crippen LogP contribution >= 0.6 is 0 Å². The molecule has 0 spiro atoms. The number of rotatable bonds is 5. The van der Waals surface area contributed by atoms with Crippen molar-refractivity contribution in [2.45, 2.75) is 26.3 Å². The van der Waals surface area contributed by atoms with Gasteiger partial charge in [0, 0.05) is 31.4 Å². The Hall–Kier alpha value is -1.42. The first-order chi connectivity index (χ1) is 8.42. The number of anilines is 1. The van der Waals surface area contributed by atoms with Crippen LogP contribution in [-0.2, 0) is 6.54 Å². The SMILES string of the molecule is CCCNCc1cncnc1N1CC=CCC1. The number of nitrogens with zero attached hydrogens (tertiary/aromatic N) is 3. The van der Waals surface area contributed by atoms with Crippen LogP contribution in [0.4, 0.5) is 5.82 Å². The average Bonchev–Trinajstić information content (AvgIpc) is 2.41. The van der Waals surface area contributed by atoms with Crippen molar-refractivity contribution < 1.29 is 0 Å². The quantitative estimate of drug-likeness (QED) is 0.620. The highest BCUT2D eigenvalue weighted by molar-refractivity contribution is 5.46. The molecule has 0 radical (unpaired) electrons. The molecule has 1 N–H and O–H groups in total. The molecule has 17 heavy (non-hydrogen) atoms. The maximum atomic E-state index is 4.42. The van der Waals surface area contributed by atoms with Gasteiger partial charge in [0.1, 0.15) is 12.1 Å². The molecule has 1 aliphatic rings. The molecule has 0 aliphatic carbocycles. The smallest absolute Gasteiger partial charge is 0.136 e. The Morgan fingerprint density at radius 3 is 3.12 bits per heavy atom. The van der Waals surface area contributed by atoms with Crippen LogP contribution in [0.2, 0.25) is 0 Å². The van der Waals surface area contributed by atoms with E-state index < -0.39 is 0 Å². The van der Waals surface area contributed by atoms with Gasteiger partial charge in [-0.3, -0.25) is 0 Å². The van der Waals surface area contributed by atoms with E-state index in [-0.39, 0.29) is 0 Å². The molecule has 1 aromatic heterocycles. The van der Waals surface area contributed by atoms with E-state index in [1.54, 1.807) is 6.33 Å². The second-order valence-corrected chi connectivity index (χ2v) is 4.25. The maximum Gasteiger partial charge on any atom is 0.136 e. The Morgan fingerprint density at radius 1 is 1.41 bits per heavy atom. The fourth-order valence-electron chi connectivity index (χ4n) is 1.99. The summed E-state index contributed by atoms with van der Waals surface area (Å²) in [6.07, 6.45) is 10.2. The lowest BCUT2D eigenvalue weighted by Crippen LogP contribution is -2.29. The Labute approximate surface area is 103 Å². The summed E-state index contributed by atoms with van der Waals surface area (Å²) in [6, 6.07) is 0. The monoisotopic (exact) mass is 232 g/mol. The summed E-state index contributed by atoms with van der Waals surface area (Å²) in [5.74, 6) is 1.08. The van der Waals surface area contributed by atoms with Crippen LogP contribution in [-0.4, -0.2) is 29.6 Å². The summed E-state index contributed by atoms with van der Waals surface area (Å²) in [4.78, 5) is 10.9. The fourth-order valence-corrected chi connectivity index (χ4v) is 1.99. The van der Waals surface area contributed by atoms with Gasteiger partial charge < -0.3 is 10.2 Å². The molecule has 1 aliphatic heterocycles. The van der Waals surface area contributed by atoms with Gasteiger partial charge in [0.25, 0.3) is 0 Å². The lowest BCUT2D eigenvalue weighted by molar-refractivity contribution is 0.667. The Balaban J connectivity index is 2.06. The molecular weight excluding hydrogens is 212 g/mol. The molecule has 0 saturated carbocycles. The molecule has 2 rings (SSSR count). The van der Waals surface area contributed by atoms with Gasteiger partial charge in [-0.2, -0.15) is 0 Å². The number of hydrogen-bond donors (Lipinski definition) is 1. The van der Waals surface area contributed by atoms with E-state index in [0.717, 1.165) is 44.8 Å². The molecule has 4 nitrogen and oxygen atoms in total. The molecule has 0 atom stereocenters. The lowest BCUT2D eigenvalue weighted by Gasteiger charge is -2.26. The molecule has 0 amide bonds. The summed E-state index contributed by atoms with van der Waals surface area (Å²) in [5, 5.41) is 3.41.